The van der Waals surface area contributed by atoms with Crippen LogP contribution in [0.2, 0.25) is 19.6 Å². The summed E-state index contributed by atoms with van der Waals surface area (Å²) in [5.41, 5.74) is 0. The maximum Gasteiger partial charge on any atom is 0.261 e. The van der Waals surface area contributed by atoms with Gasteiger partial charge in [0, 0.05) is 0 Å². The molecule has 0 unspecified atom stereocenters. The predicted octanol–water partition coefficient (Wildman–Crippen LogP) is 8.59. The molecule has 0 aromatic carbocycles. The Bertz CT molecular complexity index is 321. The maximum atomic E-state index is 5.98. The lowest BCUT2D eigenvalue weighted by Crippen LogP contribution is -2.25. The van der Waals surface area contributed by atoms with Crippen LogP contribution < -0.4 is 0 Å². The molecule has 2 nitrogen and oxygen atoms in total. The average Bonchev–Trinajstić information content (AvgIpc) is 2.57. The van der Waals surface area contributed by atoms with Crippen molar-refractivity contribution in [3.63, 3.8) is 0 Å². The zero-order valence-corrected chi connectivity index (χ0v) is 19.7. The van der Waals surface area contributed by atoms with Gasteiger partial charge in [-0.05, 0) is 45.5 Å². The fraction of sp³-hybridized carbons (Fsp3) is 0.913. The van der Waals surface area contributed by atoms with Gasteiger partial charge in [-0.15, -0.1) is 0 Å². The second kappa shape index (κ2) is 17.9. The summed E-state index contributed by atoms with van der Waals surface area (Å²) in [5.74, 6) is 0.765. The highest BCUT2D eigenvalue weighted by Crippen LogP contribution is 2.15. The fourth-order valence-electron chi connectivity index (χ4n) is 3.13. The van der Waals surface area contributed by atoms with E-state index in [9.17, 15) is 0 Å². The molecule has 0 aromatic heterocycles. The first-order valence-electron chi connectivity index (χ1n) is 11.5. The third-order valence-electron chi connectivity index (χ3n) is 4.56. The molecule has 0 rings (SSSR count). The first-order valence-corrected chi connectivity index (χ1v) is 14.9. The highest BCUT2D eigenvalue weighted by atomic mass is 28.4. The van der Waals surface area contributed by atoms with E-state index in [-0.39, 0.29) is 0 Å². The normalized spacial score (nSPS) is 12.4. The van der Waals surface area contributed by atoms with Crippen LogP contribution in [0.25, 0.3) is 0 Å². The average molecular weight is 385 g/mol. The number of allylic oxidation sites excluding steroid dienone is 1. The zero-order valence-electron chi connectivity index (χ0n) is 18.7. The predicted molar refractivity (Wildman–Crippen MR) is 119 cm³/mol. The first-order chi connectivity index (χ1) is 12.5. The van der Waals surface area contributed by atoms with Crippen LogP contribution in [-0.2, 0) is 9.16 Å². The molecule has 0 aliphatic heterocycles. The minimum absolute atomic E-state index is 0.690. The number of hydrogen-bond acceptors (Lipinski definition) is 2. The summed E-state index contributed by atoms with van der Waals surface area (Å²) >= 11 is 0. The summed E-state index contributed by atoms with van der Waals surface area (Å²) in [4.78, 5) is 0. The van der Waals surface area contributed by atoms with Gasteiger partial charge in [-0.25, -0.2) is 0 Å². The van der Waals surface area contributed by atoms with Crippen molar-refractivity contribution in [3.8, 4) is 0 Å². The van der Waals surface area contributed by atoms with Crippen LogP contribution in [-0.4, -0.2) is 14.9 Å². The standard InChI is InChI=1S/C23H48O2Si/c1-6-8-9-10-11-12-13-14-15-16-17-18-19-20-21-22-23(24-7-2)25-26(3,4)5/h22H,6-21H2,1-5H3/b23-22-. The lowest BCUT2D eigenvalue weighted by molar-refractivity contribution is 0.111. The molecule has 0 atom stereocenters. The van der Waals surface area contributed by atoms with E-state index >= 15 is 0 Å². The van der Waals surface area contributed by atoms with E-state index < -0.39 is 8.32 Å². The van der Waals surface area contributed by atoms with Gasteiger partial charge in [0.15, 0.2) is 0 Å². The van der Waals surface area contributed by atoms with Gasteiger partial charge in [0.05, 0.1) is 6.61 Å². The zero-order chi connectivity index (χ0) is 19.5. The molecule has 156 valence electrons. The summed E-state index contributed by atoms with van der Waals surface area (Å²) in [6.07, 6.45) is 23.0. The largest absolute Gasteiger partial charge is 0.520 e. The van der Waals surface area contributed by atoms with Gasteiger partial charge in [-0.2, -0.15) is 0 Å². The van der Waals surface area contributed by atoms with Crippen molar-refractivity contribution >= 4 is 8.32 Å². The van der Waals surface area contributed by atoms with Crippen molar-refractivity contribution in [1.82, 2.24) is 0 Å². The molecule has 0 bridgehead atoms. The molecule has 0 aromatic rings. The lowest BCUT2D eigenvalue weighted by atomic mass is 10.0. The summed E-state index contributed by atoms with van der Waals surface area (Å²) in [7, 11) is -1.56. The van der Waals surface area contributed by atoms with Gasteiger partial charge < -0.3 is 9.16 Å². The minimum atomic E-state index is -1.56. The molecule has 3 heteroatoms. The number of unbranched alkanes of at least 4 members (excludes halogenated alkanes) is 14. The van der Waals surface area contributed by atoms with Gasteiger partial charge in [0.1, 0.15) is 0 Å². The molecule has 0 aliphatic rings. The van der Waals surface area contributed by atoms with E-state index in [1.54, 1.807) is 0 Å². The third-order valence-corrected chi connectivity index (χ3v) is 5.38. The van der Waals surface area contributed by atoms with E-state index in [4.69, 9.17) is 9.16 Å². The highest BCUT2D eigenvalue weighted by molar-refractivity contribution is 6.69. The van der Waals surface area contributed by atoms with Crippen molar-refractivity contribution in [2.24, 2.45) is 0 Å². The molecule has 0 saturated heterocycles. The van der Waals surface area contributed by atoms with Crippen LogP contribution in [0.15, 0.2) is 12.0 Å². The topological polar surface area (TPSA) is 18.5 Å². The van der Waals surface area contributed by atoms with E-state index in [1.165, 1.54) is 89.9 Å². The monoisotopic (exact) mass is 384 g/mol. The van der Waals surface area contributed by atoms with Crippen LogP contribution in [0.5, 0.6) is 0 Å². The van der Waals surface area contributed by atoms with Crippen LogP contribution >= 0.6 is 0 Å². The number of ether oxygens (including phenoxy) is 1. The third kappa shape index (κ3) is 19.9. The molecule has 26 heavy (non-hydrogen) atoms. The number of hydrogen-bond donors (Lipinski definition) is 0. The summed E-state index contributed by atoms with van der Waals surface area (Å²) in [5, 5.41) is 0. The van der Waals surface area contributed by atoms with Gasteiger partial charge in [0.25, 0.3) is 5.95 Å². The highest BCUT2D eigenvalue weighted by Gasteiger charge is 2.18. The lowest BCUT2D eigenvalue weighted by Gasteiger charge is -2.21. The Kier molecular flexibility index (Phi) is 17.6. The Labute approximate surface area is 166 Å². The summed E-state index contributed by atoms with van der Waals surface area (Å²) in [6.45, 7) is 11.6. The second-order valence-electron chi connectivity index (χ2n) is 8.56. The summed E-state index contributed by atoms with van der Waals surface area (Å²) < 4.78 is 11.6. The van der Waals surface area contributed by atoms with Crippen molar-refractivity contribution in [2.75, 3.05) is 6.61 Å². The molecule has 0 amide bonds. The molecule has 0 fully saturated rings. The van der Waals surface area contributed by atoms with E-state index in [0.717, 1.165) is 12.4 Å². The quantitative estimate of drug-likeness (QED) is 0.126. The molecule has 0 saturated carbocycles. The molecule has 0 heterocycles. The Hall–Kier alpha value is -0.443. The molecule has 0 radical (unpaired) electrons. The maximum absolute atomic E-state index is 5.98. The smallest absolute Gasteiger partial charge is 0.261 e. The van der Waals surface area contributed by atoms with E-state index in [1.807, 2.05) is 6.92 Å². The van der Waals surface area contributed by atoms with Crippen LogP contribution in [0, 0.1) is 0 Å². The Balaban J connectivity index is 3.42. The molecular weight excluding hydrogens is 336 g/mol. The van der Waals surface area contributed by atoms with Crippen molar-refractivity contribution in [2.45, 2.75) is 130 Å². The molecular formula is C23H48O2Si. The fourth-order valence-corrected chi connectivity index (χ4v) is 3.88. The number of rotatable bonds is 19. The van der Waals surface area contributed by atoms with Crippen molar-refractivity contribution in [3.05, 3.63) is 12.0 Å². The van der Waals surface area contributed by atoms with Crippen molar-refractivity contribution < 1.29 is 9.16 Å². The van der Waals surface area contributed by atoms with Crippen LogP contribution in [0.4, 0.5) is 0 Å². The van der Waals surface area contributed by atoms with Crippen LogP contribution in [0.1, 0.15) is 110 Å². The molecule has 0 N–H and O–H groups in total. The van der Waals surface area contributed by atoms with Crippen molar-refractivity contribution in [1.29, 1.82) is 0 Å². The van der Waals surface area contributed by atoms with Gasteiger partial charge >= 0.3 is 0 Å². The molecule has 0 aliphatic carbocycles. The van der Waals surface area contributed by atoms with Crippen LogP contribution in [0.3, 0.4) is 0 Å². The van der Waals surface area contributed by atoms with E-state index in [0.29, 0.717) is 6.61 Å². The Morgan fingerprint density at radius 3 is 1.46 bits per heavy atom. The molecule has 0 spiro atoms. The second-order valence-corrected chi connectivity index (χ2v) is 13.0. The summed E-state index contributed by atoms with van der Waals surface area (Å²) in [6, 6.07) is 0. The van der Waals surface area contributed by atoms with Gasteiger partial charge in [0.2, 0.25) is 8.32 Å². The van der Waals surface area contributed by atoms with Gasteiger partial charge in [-0.1, -0.05) is 90.4 Å². The van der Waals surface area contributed by atoms with E-state index in [2.05, 4.69) is 32.6 Å². The Morgan fingerprint density at radius 2 is 1.08 bits per heavy atom. The first kappa shape index (κ1) is 25.6. The van der Waals surface area contributed by atoms with Gasteiger partial charge in [-0.3, -0.25) is 0 Å². The minimum Gasteiger partial charge on any atom is -0.520 e. The Morgan fingerprint density at radius 1 is 0.654 bits per heavy atom. The SMILES string of the molecule is CCCCCCCCCCCCCCCC/C=C(/OCC)O[Si](C)(C)C.